The van der Waals surface area contributed by atoms with Gasteiger partial charge in [0, 0.05) is 17.2 Å². The number of carbonyl (C=O) groups excluding carboxylic acids is 1. The minimum atomic E-state index is -0.0551. The molecule has 0 aliphatic heterocycles. The van der Waals surface area contributed by atoms with Crippen molar-refractivity contribution in [3.05, 3.63) is 35.4 Å². The van der Waals surface area contributed by atoms with Gasteiger partial charge in [-0.05, 0) is 25.5 Å². The van der Waals surface area contributed by atoms with Crippen molar-refractivity contribution in [3.63, 3.8) is 0 Å². The van der Waals surface area contributed by atoms with E-state index in [0.29, 0.717) is 10.6 Å². The van der Waals surface area contributed by atoms with Crippen molar-refractivity contribution >= 4 is 23.1 Å². The van der Waals surface area contributed by atoms with Crippen LogP contribution in [0.5, 0.6) is 0 Å². The van der Waals surface area contributed by atoms with E-state index in [9.17, 15) is 4.79 Å². The number of hydrogen-bond acceptors (Lipinski definition) is 2. The van der Waals surface area contributed by atoms with Gasteiger partial charge in [-0.2, -0.15) is 0 Å². The summed E-state index contributed by atoms with van der Waals surface area (Å²) in [6.45, 7) is 4.10. The number of rotatable bonds is 5. The number of thiocarbonyl (C=S) groups is 1. The smallest absolute Gasteiger partial charge is 0.251 e. The number of hydrogen-bond donors (Lipinski definition) is 2. The van der Waals surface area contributed by atoms with Gasteiger partial charge in [0.2, 0.25) is 0 Å². The normalized spacial score (nSPS) is 11.9. The van der Waals surface area contributed by atoms with Crippen molar-refractivity contribution in [3.8, 4) is 0 Å². The van der Waals surface area contributed by atoms with Gasteiger partial charge in [0.05, 0.1) is 0 Å². The Labute approximate surface area is 107 Å². The van der Waals surface area contributed by atoms with E-state index >= 15 is 0 Å². The van der Waals surface area contributed by atoms with E-state index in [4.69, 9.17) is 18.0 Å². The molecule has 17 heavy (non-hydrogen) atoms. The lowest BCUT2D eigenvalue weighted by molar-refractivity contribution is 0.0938. The van der Waals surface area contributed by atoms with E-state index in [2.05, 4.69) is 12.2 Å². The van der Waals surface area contributed by atoms with Gasteiger partial charge >= 0.3 is 0 Å². The average Bonchev–Trinajstić information content (AvgIpc) is 2.29. The minimum absolute atomic E-state index is 0.0551. The summed E-state index contributed by atoms with van der Waals surface area (Å²) in [4.78, 5) is 12.2. The summed E-state index contributed by atoms with van der Waals surface area (Å²) in [7, 11) is 0. The summed E-state index contributed by atoms with van der Waals surface area (Å²) in [5.41, 5.74) is 6.90. The number of nitrogens with two attached hydrogens (primary N) is 1. The summed E-state index contributed by atoms with van der Waals surface area (Å²) in [6.07, 6.45) is 2.04. The number of nitrogens with one attached hydrogen (secondary N) is 1. The van der Waals surface area contributed by atoms with Crippen LogP contribution >= 0.6 is 12.2 Å². The van der Waals surface area contributed by atoms with Crippen LogP contribution in [0.4, 0.5) is 0 Å². The second kappa shape index (κ2) is 6.35. The fourth-order valence-electron chi connectivity index (χ4n) is 1.60. The monoisotopic (exact) mass is 250 g/mol. The molecule has 0 fully saturated rings. The van der Waals surface area contributed by atoms with E-state index < -0.39 is 0 Å². The molecule has 92 valence electrons. The molecule has 0 aliphatic carbocycles. The molecule has 0 aliphatic rings. The molecule has 4 heteroatoms. The van der Waals surface area contributed by atoms with Crippen LogP contribution in [0.3, 0.4) is 0 Å². The fraction of sp³-hybridized carbons (Fsp3) is 0.385. The molecule has 1 aromatic rings. The molecule has 0 spiro atoms. The Morgan fingerprint density at radius 3 is 2.35 bits per heavy atom. The van der Waals surface area contributed by atoms with Crippen LogP contribution in [-0.2, 0) is 0 Å². The third-order valence-corrected chi connectivity index (χ3v) is 2.77. The van der Waals surface area contributed by atoms with Gasteiger partial charge in [0.25, 0.3) is 5.91 Å². The van der Waals surface area contributed by atoms with Crippen molar-refractivity contribution < 1.29 is 4.79 Å². The Morgan fingerprint density at radius 2 is 1.88 bits per heavy atom. The number of carbonyl (C=O) groups is 1. The van der Waals surface area contributed by atoms with E-state index in [1.807, 2.05) is 6.92 Å². The Bertz CT molecular complexity index is 400. The zero-order valence-electron chi connectivity index (χ0n) is 10.2. The third-order valence-electron chi connectivity index (χ3n) is 2.53. The van der Waals surface area contributed by atoms with E-state index in [0.717, 1.165) is 18.4 Å². The molecule has 0 radical (unpaired) electrons. The van der Waals surface area contributed by atoms with Crippen LogP contribution in [0.2, 0.25) is 0 Å². The highest BCUT2D eigenvalue weighted by Crippen LogP contribution is 2.05. The van der Waals surface area contributed by atoms with Crippen molar-refractivity contribution in [2.45, 2.75) is 32.7 Å². The molecule has 1 aromatic carbocycles. The first-order valence-electron chi connectivity index (χ1n) is 5.75. The topological polar surface area (TPSA) is 55.1 Å². The van der Waals surface area contributed by atoms with Crippen LogP contribution in [0.25, 0.3) is 0 Å². The number of benzene rings is 1. The molecule has 3 nitrogen and oxygen atoms in total. The molecule has 1 amide bonds. The highest BCUT2D eigenvalue weighted by molar-refractivity contribution is 7.80. The van der Waals surface area contributed by atoms with Crippen molar-refractivity contribution in [1.29, 1.82) is 0 Å². The summed E-state index contributed by atoms with van der Waals surface area (Å²) in [6, 6.07) is 7.21. The Morgan fingerprint density at radius 1 is 1.35 bits per heavy atom. The highest BCUT2D eigenvalue weighted by Gasteiger charge is 2.09. The van der Waals surface area contributed by atoms with E-state index in [-0.39, 0.29) is 11.9 Å². The lowest BCUT2D eigenvalue weighted by Crippen LogP contribution is -2.32. The van der Waals surface area contributed by atoms with Crippen LogP contribution in [-0.4, -0.2) is 16.9 Å². The number of amides is 1. The van der Waals surface area contributed by atoms with Crippen molar-refractivity contribution in [1.82, 2.24) is 5.32 Å². The predicted octanol–water partition coefficient (Wildman–Crippen LogP) is 2.24. The second-order valence-corrected chi connectivity index (χ2v) is 4.54. The van der Waals surface area contributed by atoms with Crippen LogP contribution in [0.15, 0.2) is 24.3 Å². The molecule has 1 rings (SSSR count). The molecule has 3 N–H and O–H groups in total. The largest absolute Gasteiger partial charge is 0.389 e. The quantitative estimate of drug-likeness (QED) is 0.788. The van der Waals surface area contributed by atoms with Crippen molar-refractivity contribution in [2.24, 2.45) is 5.73 Å². The summed E-state index contributed by atoms with van der Waals surface area (Å²) in [5, 5.41) is 2.94. The molecule has 0 saturated heterocycles. The molecular formula is C13H18N2OS. The van der Waals surface area contributed by atoms with Gasteiger partial charge in [-0.3, -0.25) is 4.79 Å². The lowest BCUT2D eigenvalue weighted by Gasteiger charge is -2.12. The van der Waals surface area contributed by atoms with Gasteiger partial charge in [-0.1, -0.05) is 37.7 Å². The Kier molecular flexibility index (Phi) is 5.10. The summed E-state index contributed by atoms with van der Waals surface area (Å²) in [5.74, 6) is -0.0551. The zero-order chi connectivity index (χ0) is 12.8. The molecule has 1 unspecified atom stereocenters. The van der Waals surface area contributed by atoms with Gasteiger partial charge < -0.3 is 11.1 Å². The summed E-state index contributed by atoms with van der Waals surface area (Å²) >= 11 is 4.85. The first kappa shape index (κ1) is 13.6. The van der Waals surface area contributed by atoms with Gasteiger partial charge in [-0.15, -0.1) is 0 Å². The Hall–Kier alpha value is -1.42. The van der Waals surface area contributed by atoms with Crippen LogP contribution in [0.1, 0.15) is 42.6 Å². The third kappa shape index (κ3) is 4.15. The highest BCUT2D eigenvalue weighted by atomic mass is 32.1. The second-order valence-electron chi connectivity index (χ2n) is 4.10. The average molecular weight is 250 g/mol. The predicted molar refractivity (Wildman–Crippen MR) is 74.2 cm³/mol. The molecular weight excluding hydrogens is 232 g/mol. The zero-order valence-corrected chi connectivity index (χ0v) is 11.0. The van der Waals surface area contributed by atoms with Gasteiger partial charge in [0.1, 0.15) is 4.99 Å². The molecule has 0 saturated carbocycles. The van der Waals surface area contributed by atoms with Gasteiger partial charge in [-0.25, -0.2) is 0 Å². The maximum absolute atomic E-state index is 11.8. The maximum Gasteiger partial charge on any atom is 0.251 e. The first-order chi connectivity index (χ1) is 8.04. The van der Waals surface area contributed by atoms with Crippen LogP contribution in [0, 0.1) is 0 Å². The maximum atomic E-state index is 11.8. The fourth-order valence-corrected chi connectivity index (χ4v) is 1.73. The SMILES string of the molecule is CCCC(C)NC(=O)c1ccc(C(N)=S)cc1. The summed E-state index contributed by atoms with van der Waals surface area (Å²) < 4.78 is 0. The van der Waals surface area contributed by atoms with Crippen LogP contribution < -0.4 is 11.1 Å². The van der Waals surface area contributed by atoms with E-state index in [1.165, 1.54) is 0 Å². The molecule has 0 aromatic heterocycles. The van der Waals surface area contributed by atoms with Crippen molar-refractivity contribution in [2.75, 3.05) is 0 Å². The molecule has 0 bridgehead atoms. The Balaban J connectivity index is 2.66. The standard InChI is InChI=1S/C13H18N2OS/c1-3-4-9(2)15-13(16)11-7-5-10(6-8-11)12(14)17/h5-9H,3-4H2,1-2H3,(H2,14,17)(H,15,16). The lowest BCUT2D eigenvalue weighted by atomic mass is 10.1. The molecule has 1 atom stereocenters. The molecule has 0 heterocycles. The minimum Gasteiger partial charge on any atom is -0.389 e. The van der Waals surface area contributed by atoms with E-state index in [1.54, 1.807) is 24.3 Å². The first-order valence-corrected chi connectivity index (χ1v) is 6.16. The van der Waals surface area contributed by atoms with Gasteiger partial charge in [0.15, 0.2) is 0 Å².